The Hall–Kier alpha value is -10.8. The van der Waals surface area contributed by atoms with Crippen molar-refractivity contribution in [2.75, 3.05) is 0 Å². The fourth-order valence-electron chi connectivity index (χ4n) is 13.2. The van der Waals surface area contributed by atoms with Crippen LogP contribution in [0.15, 0.2) is 288 Å². The molecule has 81 heavy (non-hydrogen) atoms. The van der Waals surface area contributed by atoms with Gasteiger partial charge in [-0.1, -0.05) is 170 Å². The van der Waals surface area contributed by atoms with E-state index in [9.17, 15) is 0 Å². The Bertz CT molecular complexity index is 4770. The average Bonchev–Trinajstić information content (AvgIpc) is 3.59. The smallest absolute Gasteiger partial charge is 0.227 e. The van der Waals surface area contributed by atoms with Gasteiger partial charge in [-0.3, -0.25) is 0 Å². The zero-order valence-electron chi connectivity index (χ0n) is 43.7. The molecule has 1 aliphatic rings. The van der Waals surface area contributed by atoms with Crippen molar-refractivity contribution < 1.29 is 8.83 Å². The van der Waals surface area contributed by atoms with Crippen molar-refractivity contribution in [3.8, 4) is 67.7 Å². The molecule has 12 aromatic carbocycles. The summed E-state index contributed by atoms with van der Waals surface area (Å²) in [6, 6.07) is 101. The van der Waals surface area contributed by atoms with Gasteiger partial charge in [0, 0.05) is 44.0 Å². The van der Waals surface area contributed by atoms with Crippen molar-refractivity contribution in [2.45, 2.75) is 5.41 Å². The van der Waals surface area contributed by atoms with E-state index in [0.29, 0.717) is 11.8 Å². The molecule has 4 aromatic heterocycles. The van der Waals surface area contributed by atoms with Crippen LogP contribution in [0.25, 0.3) is 133 Å². The normalized spacial score (nSPS) is 12.8. The van der Waals surface area contributed by atoms with Crippen molar-refractivity contribution in [2.24, 2.45) is 0 Å². The minimum Gasteiger partial charge on any atom is -0.436 e. The molecule has 0 spiro atoms. The summed E-state index contributed by atoms with van der Waals surface area (Å²) in [5.74, 6) is 1.21. The molecule has 0 saturated heterocycles. The summed E-state index contributed by atoms with van der Waals surface area (Å²) in [7, 11) is 0. The molecule has 0 atom stereocenters. The Labute approximate surface area is 465 Å². The van der Waals surface area contributed by atoms with Gasteiger partial charge < -0.3 is 18.0 Å². The van der Waals surface area contributed by atoms with Gasteiger partial charge in [0.25, 0.3) is 0 Å². The zero-order valence-corrected chi connectivity index (χ0v) is 43.7. The molecule has 6 nitrogen and oxygen atoms in total. The maximum Gasteiger partial charge on any atom is 0.227 e. The first kappa shape index (κ1) is 45.2. The highest BCUT2D eigenvalue weighted by molar-refractivity contribution is 6.13. The largest absolute Gasteiger partial charge is 0.436 e. The third-order valence-corrected chi connectivity index (χ3v) is 16.9. The van der Waals surface area contributed by atoms with Crippen LogP contribution < -0.4 is 0 Å². The van der Waals surface area contributed by atoms with Crippen LogP contribution in [0.2, 0.25) is 0 Å². The Morgan fingerprint density at radius 1 is 0.284 bits per heavy atom. The Balaban J connectivity index is 0.891. The average molecular weight is 1040 g/mol. The van der Waals surface area contributed by atoms with E-state index in [-0.39, 0.29) is 0 Å². The number of rotatable bonds is 8. The number of fused-ring (bicyclic) bond motifs is 11. The van der Waals surface area contributed by atoms with Crippen LogP contribution in [0.4, 0.5) is 0 Å². The molecule has 16 aromatic rings. The molecule has 1 aliphatic carbocycles. The fourth-order valence-corrected chi connectivity index (χ4v) is 13.2. The van der Waals surface area contributed by atoms with Gasteiger partial charge in [-0.15, -0.1) is 0 Å². The van der Waals surface area contributed by atoms with E-state index >= 15 is 0 Å². The lowest BCUT2D eigenvalue weighted by molar-refractivity contribution is 0.619. The number of benzene rings is 12. The molecule has 378 valence electrons. The van der Waals surface area contributed by atoms with Crippen molar-refractivity contribution in [3.05, 3.63) is 301 Å². The highest BCUT2D eigenvalue weighted by Crippen LogP contribution is 2.57. The van der Waals surface area contributed by atoms with Gasteiger partial charge >= 0.3 is 0 Å². The van der Waals surface area contributed by atoms with Gasteiger partial charge in [0.2, 0.25) is 11.8 Å². The molecule has 0 amide bonds. The van der Waals surface area contributed by atoms with Crippen LogP contribution in [-0.4, -0.2) is 19.1 Å². The molecular formula is C75H46N4O2. The van der Waals surface area contributed by atoms with E-state index in [1.165, 1.54) is 44.5 Å². The lowest BCUT2D eigenvalue weighted by Gasteiger charge is -2.34. The molecule has 0 radical (unpaired) electrons. The van der Waals surface area contributed by atoms with Gasteiger partial charge in [0.15, 0.2) is 11.2 Å². The third kappa shape index (κ3) is 6.87. The second-order valence-corrected chi connectivity index (χ2v) is 21.2. The van der Waals surface area contributed by atoms with Crippen molar-refractivity contribution in [3.63, 3.8) is 0 Å². The summed E-state index contributed by atoms with van der Waals surface area (Å²) in [6.07, 6.45) is 0. The molecule has 0 saturated carbocycles. The highest BCUT2D eigenvalue weighted by atomic mass is 16.4. The maximum atomic E-state index is 6.39. The first-order chi connectivity index (χ1) is 40.1. The Morgan fingerprint density at radius 2 is 0.630 bits per heavy atom. The second-order valence-electron chi connectivity index (χ2n) is 21.2. The minimum atomic E-state index is -0.710. The van der Waals surface area contributed by atoms with Gasteiger partial charge in [-0.2, -0.15) is 0 Å². The van der Waals surface area contributed by atoms with Crippen molar-refractivity contribution in [1.29, 1.82) is 0 Å². The first-order valence-corrected chi connectivity index (χ1v) is 27.5. The van der Waals surface area contributed by atoms with Crippen LogP contribution in [0.5, 0.6) is 0 Å². The van der Waals surface area contributed by atoms with E-state index in [0.717, 1.165) is 99.4 Å². The Kier molecular flexibility index (Phi) is 9.83. The Morgan fingerprint density at radius 3 is 1.02 bits per heavy atom. The summed E-state index contributed by atoms with van der Waals surface area (Å²) in [5.41, 5.74) is 22.8. The van der Waals surface area contributed by atoms with Gasteiger partial charge in [0.1, 0.15) is 11.0 Å². The summed E-state index contributed by atoms with van der Waals surface area (Å²) in [5, 5.41) is 4.55. The SMILES string of the molecule is c1ccc(-c2ccc3c(c2)c2cc(-c4nc5ccccc5o4)ccc2n3-c2ccc3c(c2)C(c2ccccc2)(c2ccccc2)c2cc(-n4c5ccc(-c6ccccc6)cc5c5cc(-c6nc7ccccc7o6)ccc54)ccc2-3)cc1. The van der Waals surface area contributed by atoms with E-state index in [1.807, 2.05) is 48.5 Å². The molecule has 17 rings (SSSR count). The molecule has 6 heteroatoms. The molecular weight excluding hydrogens is 989 g/mol. The number of oxazole rings is 2. The number of hydrogen-bond acceptors (Lipinski definition) is 4. The van der Waals surface area contributed by atoms with Crippen LogP contribution >= 0.6 is 0 Å². The second kappa shape index (κ2) is 17.6. The quantitative estimate of drug-likeness (QED) is 0.152. The third-order valence-electron chi connectivity index (χ3n) is 16.9. The molecule has 0 aliphatic heterocycles. The van der Waals surface area contributed by atoms with Crippen molar-refractivity contribution in [1.82, 2.24) is 19.1 Å². The number of nitrogens with zero attached hydrogens (tertiary/aromatic N) is 4. The topological polar surface area (TPSA) is 61.9 Å². The van der Waals surface area contributed by atoms with Crippen LogP contribution in [0, 0.1) is 0 Å². The monoisotopic (exact) mass is 1030 g/mol. The summed E-state index contributed by atoms with van der Waals surface area (Å²) >= 11 is 0. The van der Waals surface area contributed by atoms with Gasteiger partial charge in [-0.05, 0) is 165 Å². The molecule has 0 bridgehead atoms. The van der Waals surface area contributed by atoms with Gasteiger partial charge in [0.05, 0.1) is 27.5 Å². The van der Waals surface area contributed by atoms with Crippen molar-refractivity contribution >= 4 is 65.8 Å². The first-order valence-electron chi connectivity index (χ1n) is 27.5. The lowest BCUT2D eigenvalue weighted by Crippen LogP contribution is -2.28. The molecule has 0 N–H and O–H groups in total. The fraction of sp³-hybridized carbons (Fsp3) is 0.0133. The highest BCUT2D eigenvalue weighted by Gasteiger charge is 2.47. The van der Waals surface area contributed by atoms with Crippen LogP contribution in [0.1, 0.15) is 22.3 Å². The summed E-state index contributed by atoms with van der Waals surface area (Å²) in [4.78, 5) is 9.88. The number of hydrogen-bond donors (Lipinski definition) is 0. The summed E-state index contributed by atoms with van der Waals surface area (Å²) in [6.45, 7) is 0. The standard InChI is InChI=1S/C75H46N4O2/c1-5-17-47(18-6-1)49-29-37-67-59(41-49)61-43-51(73-76-65-25-13-15-27-71(65)80-73)31-39-69(61)78(67)55-33-35-57-58-36-34-56(46-64(58)75(63(57)45-55,53-21-9-3-10-22-53)54-23-11-4-12-24-54)79-68-38-30-50(48-19-7-2-8-20-48)42-60(68)62-44-52(32-40-70(62)79)74-77-66-26-14-16-28-72(66)81-74/h1-46H. The van der Waals surface area contributed by atoms with E-state index in [4.69, 9.17) is 18.8 Å². The number of para-hydroxylation sites is 4. The minimum absolute atomic E-state index is 0.603. The number of aromatic nitrogens is 4. The predicted octanol–water partition coefficient (Wildman–Crippen LogP) is 19.2. The maximum absolute atomic E-state index is 6.39. The van der Waals surface area contributed by atoms with Crippen LogP contribution in [0.3, 0.4) is 0 Å². The molecule has 0 fully saturated rings. The van der Waals surface area contributed by atoms with E-state index in [2.05, 4.69) is 240 Å². The molecule has 0 unspecified atom stereocenters. The lowest BCUT2D eigenvalue weighted by atomic mass is 9.67. The molecule has 4 heterocycles. The van der Waals surface area contributed by atoms with Gasteiger partial charge in [-0.25, -0.2) is 9.97 Å². The van der Waals surface area contributed by atoms with E-state index < -0.39 is 5.41 Å². The van der Waals surface area contributed by atoms with E-state index in [1.54, 1.807) is 0 Å². The van der Waals surface area contributed by atoms with Crippen LogP contribution in [-0.2, 0) is 5.41 Å². The predicted molar refractivity (Wildman–Crippen MR) is 329 cm³/mol. The zero-order chi connectivity index (χ0) is 53.2. The summed E-state index contributed by atoms with van der Waals surface area (Å²) < 4.78 is 17.7.